The largest absolute Gasteiger partial charge is 0.393 e. The Morgan fingerprint density at radius 3 is 2.52 bits per heavy atom. The van der Waals surface area contributed by atoms with E-state index in [0.29, 0.717) is 0 Å². The van der Waals surface area contributed by atoms with Crippen molar-refractivity contribution in [2.45, 2.75) is 65.4 Å². The van der Waals surface area contributed by atoms with Gasteiger partial charge in [-0.2, -0.15) is 0 Å². The van der Waals surface area contributed by atoms with E-state index >= 15 is 0 Å². The van der Waals surface area contributed by atoms with Crippen molar-refractivity contribution >= 4 is 21.7 Å². The van der Waals surface area contributed by atoms with E-state index in [-0.39, 0.29) is 17.8 Å². The molecule has 0 aliphatic carbocycles. The highest BCUT2D eigenvalue weighted by Crippen LogP contribution is 2.23. The molecule has 1 N–H and O–H groups in total. The van der Waals surface area contributed by atoms with Crippen LogP contribution >= 0.6 is 15.9 Å². The molecule has 0 spiro atoms. The molecule has 3 heteroatoms. The summed E-state index contributed by atoms with van der Waals surface area (Å²) in [6.07, 6.45) is 5.10. The zero-order valence-corrected chi connectivity index (χ0v) is 14.9. The van der Waals surface area contributed by atoms with E-state index in [1.54, 1.807) is 0 Å². The third-order valence-electron chi connectivity index (χ3n) is 4.02. The van der Waals surface area contributed by atoms with Crippen LogP contribution < -0.4 is 0 Å². The van der Waals surface area contributed by atoms with E-state index in [0.717, 1.165) is 54.1 Å². The minimum absolute atomic E-state index is 0.0689. The Morgan fingerprint density at radius 1 is 1.24 bits per heavy atom. The van der Waals surface area contributed by atoms with Crippen molar-refractivity contribution in [2.75, 3.05) is 0 Å². The molecule has 0 radical (unpaired) electrons. The molecule has 0 aliphatic heterocycles. The first-order valence-corrected chi connectivity index (χ1v) is 8.77. The Hall–Kier alpha value is -0.670. The first-order valence-electron chi connectivity index (χ1n) is 7.98. The van der Waals surface area contributed by atoms with Crippen LogP contribution in [-0.2, 0) is 0 Å². The van der Waals surface area contributed by atoms with Crippen LogP contribution in [0, 0.1) is 12.8 Å². The van der Waals surface area contributed by atoms with Crippen molar-refractivity contribution in [2.24, 2.45) is 5.92 Å². The molecule has 0 saturated carbocycles. The second-order valence-corrected chi connectivity index (χ2v) is 6.66. The summed E-state index contributed by atoms with van der Waals surface area (Å²) in [7, 11) is 0. The molecule has 0 aromatic heterocycles. The van der Waals surface area contributed by atoms with Crippen LogP contribution in [0.15, 0.2) is 22.7 Å². The molecule has 118 valence electrons. The van der Waals surface area contributed by atoms with Crippen LogP contribution in [0.2, 0.25) is 0 Å². The first-order chi connectivity index (χ1) is 9.99. The number of halogens is 1. The molecule has 0 heterocycles. The number of carbonyl (C=O) groups excluding carboxylic acids is 1. The number of ketones is 1. The van der Waals surface area contributed by atoms with Gasteiger partial charge in [0.25, 0.3) is 0 Å². The number of hydrogen-bond acceptors (Lipinski definition) is 2. The molecule has 2 atom stereocenters. The van der Waals surface area contributed by atoms with Gasteiger partial charge in [-0.1, -0.05) is 48.7 Å². The fourth-order valence-electron chi connectivity index (χ4n) is 2.63. The van der Waals surface area contributed by atoms with Gasteiger partial charge in [0.1, 0.15) is 0 Å². The lowest BCUT2D eigenvalue weighted by Crippen LogP contribution is -2.15. The van der Waals surface area contributed by atoms with E-state index in [1.165, 1.54) is 0 Å². The number of carbonyl (C=O) groups is 1. The second kappa shape index (κ2) is 9.37. The Labute approximate surface area is 137 Å². The molecule has 1 rings (SSSR count). The highest BCUT2D eigenvalue weighted by molar-refractivity contribution is 9.10. The Kier molecular flexibility index (Phi) is 8.20. The van der Waals surface area contributed by atoms with Gasteiger partial charge >= 0.3 is 0 Å². The third kappa shape index (κ3) is 5.91. The van der Waals surface area contributed by atoms with Gasteiger partial charge in [-0.15, -0.1) is 0 Å². The van der Waals surface area contributed by atoms with Gasteiger partial charge in [-0.25, -0.2) is 0 Å². The van der Waals surface area contributed by atoms with Crippen molar-refractivity contribution in [3.63, 3.8) is 0 Å². The fraction of sp³-hybridized carbons (Fsp3) is 0.611. The normalized spacial score (nSPS) is 14.0. The molecular weight excluding hydrogens is 328 g/mol. The first kappa shape index (κ1) is 18.4. The maximum absolute atomic E-state index is 12.6. The van der Waals surface area contributed by atoms with Crippen LogP contribution in [0.1, 0.15) is 68.3 Å². The quantitative estimate of drug-likeness (QED) is 0.611. The molecule has 2 unspecified atom stereocenters. The van der Waals surface area contributed by atoms with Gasteiger partial charge in [-0.05, 0) is 50.3 Å². The lowest BCUT2D eigenvalue weighted by Gasteiger charge is -2.16. The monoisotopic (exact) mass is 354 g/mol. The standard InChI is InChI=1S/C18H27BrO2/c1-4-7-16(20)9-6-8-14(5-2)18(21)15-10-11-17(19)13(3)12-15/h10-12,14,16,20H,4-9H2,1-3H3. The minimum atomic E-state index is -0.211. The van der Waals surface area contributed by atoms with Crippen molar-refractivity contribution in [1.29, 1.82) is 0 Å². The molecule has 2 nitrogen and oxygen atoms in total. The smallest absolute Gasteiger partial charge is 0.165 e. The summed E-state index contributed by atoms with van der Waals surface area (Å²) >= 11 is 3.47. The number of Topliss-reactive ketones (excluding diaryl/α,β-unsaturated/α-hetero) is 1. The van der Waals surface area contributed by atoms with Gasteiger partial charge in [0.05, 0.1) is 6.10 Å². The number of aliphatic hydroxyl groups excluding tert-OH is 1. The lowest BCUT2D eigenvalue weighted by molar-refractivity contribution is 0.0898. The van der Waals surface area contributed by atoms with Gasteiger partial charge in [-0.3, -0.25) is 4.79 Å². The summed E-state index contributed by atoms with van der Waals surface area (Å²) in [5.74, 6) is 0.303. The minimum Gasteiger partial charge on any atom is -0.393 e. The SMILES string of the molecule is CCCC(O)CCCC(CC)C(=O)c1ccc(Br)c(C)c1. The van der Waals surface area contributed by atoms with Crippen LogP contribution in [0.4, 0.5) is 0 Å². The molecule has 21 heavy (non-hydrogen) atoms. The highest BCUT2D eigenvalue weighted by Gasteiger charge is 2.19. The van der Waals surface area contributed by atoms with Crippen LogP contribution in [0.5, 0.6) is 0 Å². The average Bonchev–Trinajstić information content (AvgIpc) is 2.46. The van der Waals surface area contributed by atoms with E-state index in [2.05, 4.69) is 29.8 Å². The molecule has 0 saturated heterocycles. The topological polar surface area (TPSA) is 37.3 Å². The molecule has 0 bridgehead atoms. The summed E-state index contributed by atoms with van der Waals surface area (Å²) in [6, 6.07) is 5.80. The summed E-state index contributed by atoms with van der Waals surface area (Å²) < 4.78 is 1.04. The molecule has 1 aromatic rings. The van der Waals surface area contributed by atoms with Crippen LogP contribution in [0.3, 0.4) is 0 Å². The van der Waals surface area contributed by atoms with Crippen molar-refractivity contribution in [3.8, 4) is 0 Å². The number of rotatable bonds is 9. The number of aliphatic hydroxyl groups is 1. The second-order valence-electron chi connectivity index (χ2n) is 5.81. The highest BCUT2D eigenvalue weighted by atomic mass is 79.9. The van der Waals surface area contributed by atoms with Gasteiger partial charge in [0.15, 0.2) is 5.78 Å². The molecule has 1 aromatic carbocycles. The Bertz CT molecular complexity index is 457. The lowest BCUT2D eigenvalue weighted by atomic mass is 9.89. The molecule has 0 amide bonds. The number of aryl methyl sites for hydroxylation is 1. The fourth-order valence-corrected chi connectivity index (χ4v) is 2.88. The predicted molar refractivity (Wildman–Crippen MR) is 91.8 cm³/mol. The van der Waals surface area contributed by atoms with Crippen molar-refractivity contribution in [3.05, 3.63) is 33.8 Å². The maximum atomic E-state index is 12.6. The predicted octanol–water partition coefficient (Wildman–Crippen LogP) is 5.30. The van der Waals surface area contributed by atoms with E-state index < -0.39 is 0 Å². The Balaban J connectivity index is 2.58. The maximum Gasteiger partial charge on any atom is 0.165 e. The molecule has 0 aliphatic rings. The molecular formula is C18H27BrO2. The van der Waals surface area contributed by atoms with E-state index in [4.69, 9.17) is 0 Å². The third-order valence-corrected chi connectivity index (χ3v) is 4.91. The van der Waals surface area contributed by atoms with Crippen LogP contribution in [0.25, 0.3) is 0 Å². The van der Waals surface area contributed by atoms with Gasteiger partial charge < -0.3 is 5.11 Å². The zero-order valence-electron chi connectivity index (χ0n) is 13.4. The van der Waals surface area contributed by atoms with Gasteiger partial charge in [0, 0.05) is 16.0 Å². The van der Waals surface area contributed by atoms with Gasteiger partial charge in [0.2, 0.25) is 0 Å². The Morgan fingerprint density at radius 2 is 1.95 bits per heavy atom. The number of benzene rings is 1. The zero-order chi connectivity index (χ0) is 15.8. The summed E-state index contributed by atoms with van der Waals surface area (Å²) in [5.41, 5.74) is 1.89. The van der Waals surface area contributed by atoms with E-state index in [1.807, 2.05) is 25.1 Å². The summed E-state index contributed by atoms with van der Waals surface area (Å²) in [5, 5.41) is 9.77. The van der Waals surface area contributed by atoms with E-state index in [9.17, 15) is 9.90 Å². The van der Waals surface area contributed by atoms with Crippen molar-refractivity contribution < 1.29 is 9.90 Å². The summed E-state index contributed by atoms with van der Waals surface area (Å²) in [4.78, 5) is 12.6. The summed E-state index contributed by atoms with van der Waals surface area (Å²) in [6.45, 7) is 6.15. The van der Waals surface area contributed by atoms with Crippen LogP contribution in [-0.4, -0.2) is 17.0 Å². The van der Waals surface area contributed by atoms with Crippen molar-refractivity contribution in [1.82, 2.24) is 0 Å². The number of hydrogen-bond donors (Lipinski definition) is 1. The molecule has 0 fully saturated rings. The average molecular weight is 355 g/mol.